The Balaban J connectivity index is 1.78. The third-order valence-corrected chi connectivity index (χ3v) is 6.49. The van der Waals surface area contributed by atoms with E-state index in [2.05, 4.69) is 24.1 Å². The first kappa shape index (κ1) is 22.8. The Morgan fingerprint density at radius 3 is 2.12 bits per heavy atom. The molecule has 2 heterocycles. The van der Waals surface area contributed by atoms with E-state index in [9.17, 15) is 14.4 Å². The van der Waals surface area contributed by atoms with Crippen LogP contribution in [0.1, 0.15) is 43.9 Å². The predicted octanol–water partition coefficient (Wildman–Crippen LogP) is 4.52. The van der Waals surface area contributed by atoms with Crippen LogP contribution in [0.5, 0.6) is 0 Å². The molecule has 2 aliphatic rings. The van der Waals surface area contributed by atoms with E-state index in [4.69, 9.17) is 0 Å². The van der Waals surface area contributed by atoms with Gasteiger partial charge in [-0.15, -0.1) is 0 Å². The van der Waals surface area contributed by atoms with Crippen molar-refractivity contribution in [1.82, 2.24) is 4.90 Å². The Morgan fingerprint density at radius 2 is 1.55 bits per heavy atom. The highest BCUT2D eigenvalue weighted by molar-refractivity contribution is 6.45. The molecular formula is C27H31N3O3. The van der Waals surface area contributed by atoms with Crippen LogP contribution in [-0.2, 0) is 14.4 Å². The van der Waals surface area contributed by atoms with E-state index in [0.717, 1.165) is 36.2 Å². The number of hydrogen-bond donors (Lipinski definition) is 1. The van der Waals surface area contributed by atoms with Gasteiger partial charge in [-0.25, -0.2) is 4.90 Å². The number of rotatable bonds is 4. The first-order valence-electron chi connectivity index (χ1n) is 11.5. The molecule has 2 aliphatic heterocycles. The summed E-state index contributed by atoms with van der Waals surface area (Å²) in [7, 11) is 0. The van der Waals surface area contributed by atoms with Gasteiger partial charge in [-0.2, -0.15) is 0 Å². The van der Waals surface area contributed by atoms with E-state index in [-0.39, 0.29) is 17.7 Å². The van der Waals surface area contributed by atoms with E-state index >= 15 is 0 Å². The van der Waals surface area contributed by atoms with Crippen molar-refractivity contribution in [2.24, 2.45) is 11.8 Å². The summed E-state index contributed by atoms with van der Waals surface area (Å²) < 4.78 is 0. The number of carbonyl (C=O) groups is 3. The topological polar surface area (TPSA) is 69.7 Å². The number of imide groups is 1. The molecule has 1 N–H and O–H groups in total. The average Bonchev–Trinajstić information content (AvgIpc) is 3.00. The Bertz CT molecular complexity index is 1140. The molecule has 0 saturated carbocycles. The van der Waals surface area contributed by atoms with Gasteiger partial charge in [-0.1, -0.05) is 32.0 Å². The maximum atomic E-state index is 13.8. The van der Waals surface area contributed by atoms with E-state index in [1.165, 1.54) is 11.8 Å². The second kappa shape index (κ2) is 8.85. The Kier molecular flexibility index (Phi) is 6.11. The van der Waals surface area contributed by atoms with Crippen LogP contribution in [0.3, 0.4) is 0 Å². The number of nitrogens with zero attached hydrogens (tertiary/aromatic N) is 2. The van der Waals surface area contributed by atoms with Crippen LogP contribution in [-0.4, -0.2) is 35.7 Å². The highest BCUT2D eigenvalue weighted by Gasteiger charge is 2.43. The predicted molar refractivity (Wildman–Crippen MR) is 131 cm³/mol. The maximum Gasteiger partial charge on any atom is 0.282 e. The largest absolute Gasteiger partial charge is 0.366 e. The lowest BCUT2D eigenvalue weighted by atomic mass is 9.90. The third kappa shape index (κ3) is 4.42. The minimum Gasteiger partial charge on any atom is -0.366 e. The monoisotopic (exact) mass is 445 g/mol. The van der Waals surface area contributed by atoms with E-state index < -0.39 is 0 Å². The average molecular weight is 446 g/mol. The smallest absolute Gasteiger partial charge is 0.282 e. The number of likely N-dealkylation sites (tertiary alicyclic amines) is 1. The molecule has 2 aromatic rings. The Hall–Kier alpha value is -3.41. The summed E-state index contributed by atoms with van der Waals surface area (Å²) in [5.74, 6) is 0.107. The van der Waals surface area contributed by atoms with Crippen molar-refractivity contribution >= 4 is 34.7 Å². The SMILES string of the molecule is CC(=O)Nc1ccc(N2C(=O)C(c3ccc(C)c(C)c3)=C(N3CC(C)CC(C)C3)C2=O)cc1. The fourth-order valence-electron chi connectivity index (χ4n) is 4.95. The zero-order valence-corrected chi connectivity index (χ0v) is 19.9. The van der Waals surface area contributed by atoms with Crippen molar-refractivity contribution in [2.75, 3.05) is 23.3 Å². The van der Waals surface area contributed by atoms with Gasteiger partial charge in [0, 0.05) is 25.7 Å². The molecule has 0 radical (unpaired) electrons. The number of nitrogens with one attached hydrogen (secondary N) is 1. The molecule has 3 amide bonds. The Morgan fingerprint density at radius 1 is 0.909 bits per heavy atom. The van der Waals surface area contributed by atoms with Crippen LogP contribution in [0, 0.1) is 25.7 Å². The maximum absolute atomic E-state index is 13.8. The quantitative estimate of drug-likeness (QED) is 0.703. The second-order valence-electron chi connectivity index (χ2n) is 9.55. The van der Waals surface area contributed by atoms with E-state index in [1.807, 2.05) is 32.0 Å². The molecule has 1 saturated heterocycles. The van der Waals surface area contributed by atoms with Gasteiger partial charge in [-0.3, -0.25) is 14.4 Å². The van der Waals surface area contributed by atoms with Gasteiger partial charge in [0.25, 0.3) is 11.8 Å². The summed E-state index contributed by atoms with van der Waals surface area (Å²) in [4.78, 5) is 42.2. The molecule has 6 heteroatoms. The molecule has 2 unspecified atom stereocenters. The van der Waals surface area contributed by atoms with Gasteiger partial charge >= 0.3 is 0 Å². The minimum atomic E-state index is -0.309. The fraction of sp³-hybridized carbons (Fsp3) is 0.370. The number of piperidine rings is 1. The van der Waals surface area contributed by atoms with Gasteiger partial charge in [0.05, 0.1) is 11.3 Å². The summed E-state index contributed by atoms with van der Waals surface area (Å²) in [6.45, 7) is 11.4. The summed E-state index contributed by atoms with van der Waals surface area (Å²) in [6, 6.07) is 12.7. The van der Waals surface area contributed by atoms with Crippen LogP contribution in [0.4, 0.5) is 11.4 Å². The van der Waals surface area contributed by atoms with Gasteiger partial charge < -0.3 is 10.2 Å². The summed E-state index contributed by atoms with van der Waals surface area (Å²) >= 11 is 0. The van der Waals surface area contributed by atoms with Crippen molar-refractivity contribution in [1.29, 1.82) is 0 Å². The lowest BCUT2D eigenvalue weighted by Gasteiger charge is -2.37. The van der Waals surface area contributed by atoms with Gasteiger partial charge in [0.2, 0.25) is 5.91 Å². The summed E-state index contributed by atoms with van der Waals surface area (Å²) in [6.07, 6.45) is 1.11. The molecule has 0 aromatic heterocycles. The van der Waals surface area contributed by atoms with Crippen LogP contribution >= 0.6 is 0 Å². The lowest BCUT2D eigenvalue weighted by molar-refractivity contribution is -0.121. The zero-order valence-electron chi connectivity index (χ0n) is 19.9. The molecule has 0 bridgehead atoms. The van der Waals surface area contributed by atoms with E-state index in [1.54, 1.807) is 24.3 Å². The number of benzene rings is 2. The summed E-state index contributed by atoms with van der Waals surface area (Å²) in [5, 5.41) is 2.72. The molecule has 2 atom stereocenters. The zero-order chi connectivity index (χ0) is 23.9. The van der Waals surface area contributed by atoms with Crippen molar-refractivity contribution in [3.8, 4) is 0 Å². The van der Waals surface area contributed by atoms with Crippen molar-refractivity contribution < 1.29 is 14.4 Å². The summed E-state index contributed by atoms with van der Waals surface area (Å²) in [5.41, 5.74) is 5.07. The number of aryl methyl sites for hydroxylation is 2. The second-order valence-corrected chi connectivity index (χ2v) is 9.55. The van der Waals surface area contributed by atoms with Crippen LogP contribution in [0.2, 0.25) is 0 Å². The molecule has 4 rings (SSSR count). The molecule has 6 nitrogen and oxygen atoms in total. The first-order valence-corrected chi connectivity index (χ1v) is 11.5. The molecule has 2 aromatic carbocycles. The molecule has 1 fully saturated rings. The number of hydrogen-bond acceptors (Lipinski definition) is 4. The number of carbonyl (C=O) groups excluding carboxylic acids is 3. The van der Waals surface area contributed by atoms with Crippen molar-refractivity contribution in [3.63, 3.8) is 0 Å². The standard InChI is InChI=1S/C27H31N3O3/c1-16-12-17(2)15-29(14-16)25-24(21-7-6-18(3)19(4)13-21)26(32)30(27(25)33)23-10-8-22(9-11-23)28-20(5)31/h6-11,13,16-17H,12,14-15H2,1-5H3,(H,28,31). The number of amides is 3. The van der Waals surface area contributed by atoms with Gasteiger partial charge in [-0.05, 0) is 73.1 Å². The minimum absolute atomic E-state index is 0.176. The number of anilines is 2. The van der Waals surface area contributed by atoms with Crippen molar-refractivity contribution in [3.05, 3.63) is 64.9 Å². The normalized spacial score (nSPS) is 21.1. The molecule has 172 valence electrons. The van der Waals surface area contributed by atoms with Crippen LogP contribution < -0.4 is 10.2 Å². The van der Waals surface area contributed by atoms with E-state index in [0.29, 0.717) is 34.5 Å². The Labute approximate surface area is 195 Å². The fourth-order valence-corrected chi connectivity index (χ4v) is 4.95. The first-order chi connectivity index (χ1) is 15.7. The lowest BCUT2D eigenvalue weighted by Crippen LogP contribution is -2.42. The highest BCUT2D eigenvalue weighted by atomic mass is 16.2. The molecule has 0 aliphatic carbocycles. The van der Waals surface area contributed by atoms with Crippen LogP contribution in [0.15, 0.2) is 48.2 Å². The third-order valence-electron chi connectivity index (χ3n) is 6.49. The van der Waals surface area contributed by atoms with Crippen LogP contribution in [0.25, 0.3) is 5.57 Å². The van der Waals surface area contributed by atoms with Gasteiger partial charge in [0.1, 0.15) is 5.70 Å². The molecular weight excluding hydrogens is 414 g/mol. The van der Waals surface area contributed by atoms with Crippen molar-refractivity contribution in [2.45, 2.75) is 41.0 Å². The molecule has 33 heavy (non-hydrogen) atoms. The highest BCUT2D eigenvalue weighted by Crippen LogP contribution is 2.38. The van der Waals surface area contributed by atoms with Gasteiger partial charge in [0.15, 0.2) is 0 Å². The molecule has 0 spiro atoms.